The number of nitrogens with zero attached hydrogens (tertiary/aromatic N) is 5. The fourth-order valence-corrected chi connectivity index (χ4v) is 5.00. The highest BCUT2D eigenvalue weighted by molar-refractivity contribution is 7.84. The van der Waals surface area contributed by atoms with Gasteiger partial charge in [-0.15, -0.1) is 11.3 Å². The number of thiazole rings is 1. The molecule has 18 nitrogen and oxygen atoms in total. The van der Waals surface area contributed by atoms with Gasteiger partial charge in [-0.3, -0.25) is 18.9 Å². The highest BCUT2D eigenvalue weighted by Crippen LogP contribution is 2.27. The Morgan fingerprint density at radius 3 is 2.50 bits per heavy atom. The number of aromatic nitrogens is 1. The third-order valence-corrected chi connectivity index (χ3v) is 7.17. The molecule has 0 radical (unpaired) electrons. The number of amides is 3. The predicted molar refractivity (Wildman–Crippen MR) is 131 cm³/mol. The van der Waals surface area contributed by atoms with Crippen molar-refractivity contribution in [2.45, 2.75) is 44.0 Å². The standard InChI is InChI=1S/C18H25N9O9S2/c1-18(2,15(31)32)36-25-10(8-6-37-17(21)23-8)12(28)24-11-9(27(14(11)30)38(33,34)35)5-26-4-3-7(13(26)29)22-16(19)20/h6-7,9,11H,3-5H2,1-2H3,(H2,21,23)(H,24,28)(H,31,32)(H4,19,20,22)(H,33,34,35)/b25-10-/t7?,9-,11+/m1/s1. The first-order valence-corrected chi connectivity index (χ1v) is 13.0. The molecule has 3 rings (SSSR count). The molecule has 1 aromatic heterocycles. The van der Waals surface area contributed by atoms with Crippen molar-refractivity contribution in [3.63, 3.8) is 0 Å². The zero-order valence-corrected chi connectivity index (χ0v) is 21.6. The number of aliphatic imine (C=N–C) groups is 1. The van der Waals surface area contributed by atoms with Gasteiger partial charge in [0.25, 0.3) is 11.8 Å². The molecule has 9 N–H and O–H groups in total. The number of carboxylic acid groups (broad SMARTS) is 1. The molecule has 0 aromatic carbocycles. The van der Waals surface area contributed by atoms with Gasteiger partial charge in [0.2, 0.25) is 11.5 Å². The van der Waals surface area contributed by atoms with Gasteiger partial charge in [-0.1, -0.05) is 5.16 Å². The number of carboxylic acids is 1. The largest absolute Gasteiger partial charge is 0.478 e. The van der Waals surface area contributed by atoms with E-state index < -0.39 is 70.0 Å². The summed E-state index contributed by atoms with van der Waals surface area (Å²) in [6.07, 6.45) is 0.207. The smallest absolute Gasteiger partial charge is 0.362 e. The summed E-state index contributed by atoms with van der Waals surface area (Å²) < 4.78 is 33.3. The second kappa shape index (κ2) is 10.4. The number of carbonyl (C=O) groups is 4. The van der Waals surface area contributed by atoms with Crippen LogP contribution in [0.5, 0.6) is 0 Å². The van der Waals surface area contributed by atoms with Gasteiger partial charge in [0.15, 0.2) is 16.8 Å². The van der Waals surface area contributed by atoms with E-state index in [9.17, 15) is 37.3 Å². The van der Waals surface area contributed by atoms with E-state index in [1.54, 1.807) is 0 Å². The zero-order valence-electron chi connectivity index (χ0n) is 20.0. The van der Waals surface area contributed by atoms with Crippen LogP contribution in [-0.2, 0) is 34.3 Å². The minimum Gasteiger partial charge on any atom is -0.478 e. The first-order valence-electron chi connectivity index (χ1n) is 10.7. The molecule has 3 atom stereocenters. The van der Waals surface area contributed by atoms with E-state index in [-0.39, 0.29) is 34.1 Å². The van der Waals surface area contributed by atoms with Crippen LogP contribution in [0.1, 0.15) is 26.0 Å². The molecule has 0 spiro atoms. The second-order valence-corrected chi connectivity index (χ2v) is 10.9. The van der Waals surface area contributed by atoms with Crippen LogP contribution in [0.2, 0.25) is 0 Å². The lowest BCUT2D eigenvalue weighted by molar-refractivity contribution is -0.161. The molecule has 38 heavy (non-hydrogen) atoms. The molecule has 2 fully saturated rings. The molecule has 2 aliphatic heterocycles. The maximum atomic E-state index is 13.1. The van der Waals surface area contributed by atoms with Crippen LogP contribution in [0, 0.1) is 0 Å². The van der Waals surface area contributed by atoms with E-state index in [1.165, 1.54) is 24.1 Å². The molecule has 0 saturated carbocycles. The van der Waals surface area contributed by atoms with Gasteiger partial charge in [-0.2, -0.15) is 8.42 Å². The number of nitrogens with one attached hydrogen (secondary N) is 1. The molecular formula is C18H25N9O9S2. The number of nitrogen functional groups attached to an aromatic ring is 1. The van der Waals surface area contributed by atoms with Crippen molar-refractivity contribution in [1.82, 2.24) is 19.5 Å². The number of rotatable bonds is 10. The van der Waals surface area contributed by atoms with Gasteiger partial charge in [-0.05, 0) is 20.3 Å². The molecule has 20 heteroatoms. The first kappa shape index (κ1) is 28.5. The quantitative estimate of drug-likeness (QED) is 0.0524. The summed E-state index contributed by atoms with van der Waals surface area (Å²) in [6, 6.07) is -3.85. The highest BCUT2D eigenvalue weighted by atomic mass is 32.2. The van der Waals surface area contributed by atoms with Crippen molar-refractivity contribution < 1.29 is 42.1 Å². The third-order valence-electron chi connectivity index (χ3n) is 5.55. The summed E-state index contributed by atoms with van der Waals surface area (Å²) in [5.74, 6) is -4.56. The summed E-state index contributed by atoms with van der Waals surface area (Å²) in [6.45, 7) is 2.04. The number of anilines is 1. The maximum absolute atomic E-state index is 13.1. The Bertz CT molecular complexity index is 1320. The van der Waals surface area contributed by atoms with Gasteiger partial charge in [0.05, 0.1) is 6.04 Å². The average Bonchev–Trinajstić information content (AvgIpc) is 3.36. The van der Waals surface area contributed by atoms with Gasteiger partial charge < -0.3 is 37.4 Å². The maximum Gasteiger partial charge on any atom is 0.362 e. The van der Waals surface area contributed by atoms with Crippen molar-refractivity contribution in [1.29, 1.82) is 0 Å². The number of carbonyl (C=O) groups excluding carboxylic acids is 3. The Morgan fingerprint density at radius 2 is 1.97 bits per heavy atom. The lowest BCUT2D eigenvalue weighted by atomic mass is 9.97. The number of nitrogens with two attached hydrogens (primary N) is 3. The number of aliphatic carboxylic acids is 1. The molecular weight excluding hydrogens is 550 g/mol. The van der Waals surface area contributed by atoms with Crippen LogP contribution in [0.15, 0.2) is 15.5 Å². The van der Waals surface area contributed by atoms with Crippen LogP contribution in [0.3, 0.4) is 0 Å². The van der Waals surface area contributed by atoms with Gasteiger partial charge in [0.1, 0.15) is 17.8 Å². The van der Waals surface area contributed by atoms with Gasteiger partial charge in [-0.25, -0.2) is 19.1 Å². The fourth-order valence-electron chi connectivity index (χ4n) is 3.58. The van der Waals surface area contributed by atoms with Crippen molar-refractivity contribution in [2.24, 2.45) is 21.6 Å². The zero-order chi connectivity index (χ0) is 28.6. The molecule has 0 aliphatic carbocycles. The number of β-lactam (4-membered cyclic amide) rings is 1. The molecule has 1 aromatic rings. The van der Waals surface area contributed by atoms with Crippen molar-refractivity contribution >= 4 is 62.1 Å². The van der Waals surface area contributed by atoms with E-state index in [0.717, 1.165) is 11.3 Å². The van der Waals surface area contributed by atoms with Crippen molar-refractivity contribution in [3.05, 3.63) is 11.1 Å². The lowest BCUT2D eigenvalue weighted by Gasteiger charge is -2.45. The summed E-state index contributed by atoms with van der Waals surface area (Å²) in [4.78, 5) is 63.6. The summed E-state index contributed by atoms with van der Waals surface area (Å²) in [7, 11) is -5.05. The summed E-state index contributed by atoms with van der Waals surface area (Å²) in [5.41, 5.74) is 13.7. The van der Waals surface area contributed by atoms with Gasteiger partial charge >= 0.3 is 16.3 Å². The molecule has 208 valence electrons. The van der Waals surface area contributed by atoms with Crippen molar-refractivity contribution in [3.8, 4) is 0 Å². The first-order chi connectivity index (χ1) is 17.5. The molecule has 2 aliphatic rings. The van der Waals surface area contributed by atoms with E-state index in [1.807, 2.05) is 0 Å². The van der Waals surface area contributed by atoms with Crippen LogP contribution < -0.4 is 22.5 Å². The normalized spacial score (nSPS) is 22.2. The number of hydrogen-bond acceptors (Lipinski definition) is 12. The minimum absolute atomic E-state index is 0.0380. The molecule has 3 heterocycles. The van der Waals surface area contributed by atoms with Crippen LogP contribution in [0.25, 0.3) is 0 Å². The topological polar surface area (TPSA) is 286 Å². The van der Waals surface area contributed by atoms with E-state index in [0.29, 0.717) is 0 Å². The SMILES string of the molecule is CC(C)(O/N=C(\C(=O)N[C@@H]1C(=O)N(S(=O)(=O)O)[C@@H]1CN1CCC(N=C(N)N)C1=O)c1csc(N)n1)C(=O)O. The van der Waals surface area contributed by atoms with Crippen molar-refractivity contribution in [2.75, 3.05) is 18.8 Å². The van der Waals surface area contributed by atoms with E-state index in [4.69, 9.17) is 22.0 Å². The molecule has 3 amide bonds. The Balaban J connectivity index is 1.86. The Labute approximate surface area is 219 Å². The molecule has 0 bridgehead atoms. The Hall–Kier alpha value is -4.04. The summed E-state index contributed by atoms with van der Waals surface area (Å²) in [5, 5.41) is 16.5. The van der Waals surface area contributed by atoms with Gasteiger partial charge in [0, 0.05) is 18.5 Å². The Kier molecular flexibility index (Phi) is 7.79. The van der Waals surface area contributed by atoms with Crippen LogP contribution in [-0.4, -0.2) is 104 Å². The van der Waals surface area contributed by atoms with Crippen LogP contribution in [0.4, 0.5) is 5.13 Å². The van der Waals surface area contributed by atoms with E-state index >= 15 is 0 Å². The number of guanidine groups is 1. The number of likely N-dealkylation sites (tertiary alicyclic amines) is 1. The molecule has 1 unspecified atom stereocenters. The monoisotopic (exact) mass is 575 g/mol. The third kappa shape index (κ3) is 5.92. The summed E-state index contributed by atoms with van der Waals surface area (Å²) >= 11 is 0.933. The lowest BCUT2D eigenvalue weighted by Crippen LogP contribution is -2.74. The second-order valence-electron chi connectivity index (χ2n) is 8.69. The number of hydrogen-bond donors (Lipinski definition) is 6. The Morgan fingerprint density at radius 1 is 1.32 bits per heavy atom. The van der Waals surface area contributed by atoms with Crippen LogP contribution >= 0.6 is 11.3 Å². The minimum atomic E-state index is -5.05. The highest BCUT2D eigenvalue weighted by Gasteiger charge is 2.55. The molecule has 2 saturated heterocycles. The fraction of sp³-hybridized carbons (Fsp3) is 0.500. The van der Waals surface area contributed by atoms with E-state index in [2.05, 4.69) is 20.4 Å². The average molecular weight is 576 g/mol. The number of oxime groups is 1. The predicted octanol–water partition coefficient (Wildman–Crippen LogP) is -3.32.